The third-order valence-electron chi connectivity index (χ3n) is 3.55. The van der Waals surface area contributed by atoms with Gasteiger partial charge in [-0.05, 0) is 46.0 Å². The second-order valence-electron chi connectivity index (χ2n) is 6.09. The van der Waals surface area contributed by atoms with Gasteiger partial charge in [-0.15, -0.1) is 0 Å². The molecule has 3 atom stereocenters. The molecule has 0 aromatic heterocycles. The normalized spacial score (nSPS) is 29.1. The lowest BCUT2D eigenvalue weighted by atomic mass is 9.82. The second kappa shape index (κ2) is 5.89. The van der Waals surface area contributed by atoms with Crippen LogP contribution in [0.3, 0.4) is 0 Å². The van der Waals surface area contributed by atoms with Gasteiger partial charge in [-0.1, -0.05) is 0 Å². The summed E-state index contributed by atoms with van der Waals surface area (Å²) in [4.78, 5) is 12.8. The fourth-order valence-corrected chi connectivity index (χ4v) is 2.81. The summed E-state index contributed by atoms with van der Waals surface area (Å²) >= 11 is 0. The van der Waals surface area contributed by atoms with Gasteiger partial charge in [-0.2, -0.15) is 0 Å². The van der Waals surface area contributed by atoms with E-state index in [4.69, 9.17) is 4.74 Å². The molecule has 1 aliphatic rings. The smallest absolute Gasteiger partial charge is 0.408 e. The van der Waals surface area contributed by atoms with Crippen molar-refractivity contribution in [2.24, 2.45) is 5.92 Å². The summed E-state index contributed by atoms with van der Waals surface area (Å²) in [6.45, 7) is 6.19. The molecule has 0 spiro atoms. The summed E-state index contributed by atoms with van der Waals surface area (Å²) in [5.41, 5.74) is -0.507. The molecule has 0 aromatic carbocycles. The van der Waals surface area contributed by atoms with E-state index in [1.165, 1.54) is 4.90 Å². The molecule has 0 saturated heterocycles. The fraction of sp³-hybridized carbons (Fsp3) is 0.923. The molecule has 0 radical (unpaired) electrons. The number of aliphatic hydroxyl groups is 1. The second-order valence-corrected chi connectivity index (χ2v) is 6.09. The Morgan fingerprint density at radius 1 is 1.39 bits per heavy atom. The van der Waals surface area contributed by atoms with E-state index in [-0.39, 0.29) is 6.04 Å². The molecular weight excluding hydrogens is 234 g/mol. The first-order valence-electron chi connectivity index (χ1n) is 6.46. The van der Waals surface area contributed by atoms with E-state index in [0.29, 0.717) is 25.4 Å². The molecule has 0 aromatic rings. The minimum Gasteiger partial charge on any atom is -0.465 e. The maximum Gasteiger partial charge on any atom is 0.408 e. The average molecular weight is 259 g/mol. The Morgan fingerprint density at radius 3 is 2.44 bits per heavy atom. The molecule has 1 saturated carbocycles. The van der Waals surface area contributed by atoms with Crippen LogP contribution < -0.4 is 0 Å². The van der Waals surface area contributed by atoms with Crippen molar-refractivity contribution in [3.05, 3.63) is 0 Å². The summed E-state index contributed by atoms with van der Waals surface area (Å²) in [6.07, 6.45) is 0.651. The maximum atomic E-state index is 11.4. The zero-order valence-corrected chi connectivity index (χ0v) is 11.7. The number of aliphatic hydroxyl groups excluding tert-OH is 1. The molecule has 5 heteroatoms. The molecule has 5 nitrogen and oxygen atoms in total. The minimum absolute atomic E-state index is 0.326. The van der Waals surface area contributed by atoms with Crippen LogP contribution in [0.1, 0.15) is 40.0 Å². The van der Waals surface area contributed by atoms with Crippen molar-refractivity contribution >= 4 is 6.09 Å². The number of ether oxygens (including phenoxy) is 1. The number of methoxy groups -OCH3 is 1. The van der Waals surface area contributed by atoms with Crippen LogP contribution >= 0.6 is 0 Å². The molecule has 1 amide bonds. The monoisotopic (exact) mass is 259 g/mol. The summed E-state index contributed by atoms with van der Waals surface area (Å²) in [7, 11) is 1.65. The highest BCUT2D eigenvalue weighted by Crippen LogP contribution is 2.32. The van der Waals surface area contributed by atoms with Crippen LogP contribution in [0.15, 0.2) is 0 Å². The van der Waals surface area contributed by atoms with E-state index >= 15 is 0 Å². The van der Waals surface area contributed by atoms with Gasteiger partial charge < -0.3 is 14.9 Å². The summed E-state index contributed by atoms with van der Waals surface area (Å²) < 4.78 is 5.14. The third-order valence-corrected chi connectivity index (χ3v) is 3.55. The van der Waals surface area contributed by atoms with Crippen molar-refractivity contribution < 1.29 is 19.7 Å². The first kappa shape index (κ1) is 15.2. The van der Waals surface area contributed by atoms with Crippen molar-refractivity contribution in [3.8, 4) is 0 Å². The van der Waals surface area contributed by atoms with Crippen molar-refractivity contribution in [2.45, 2.75) is 57.7 Å². The van der Waals surface area contributed by atoms with Gasteiger partial charge in [-0.25, -0.2) is 4.79 Å². The minimum atomic E-state index is -0.968. The van der Waals surface area contributed by atoms with E-state index in [1.54, 1.807) is 7.11 Å². The lowest BCUT2D eigenvalue weighted by Gasteiger charge is -2.45. The molecule has 1 aliphatic carbocycles. The predicted octanol–water partition coefficient (Wildman–Crippen LogP) is 1.94. The zero-order chi connectivity index (χ0) is 13.9. The van der Waals surface area contributed by atoms with Crippen molar-refractivity contribution in [3.63, 3.8) is 0 Å². The Labute approximate surface area is 109 Å². The number of nitrogens with zero attached hydrogens (tertiary/aromatic N) is 1. The van der Waals surface area contributed by atoms with Crippen LogP contribution in [0.25, 0.3) is 0 Å². The lowest BCUT2D eigenvalue weighted by molar-refractivity contribution is -0.0337. The van der Waals surface area contributed by atoms with Crippen LogP contribution in [-0.2, 0) is 4.74 Å². The van der Waals surface area contributed by atoms with E-state index in [9.17, 15) is 15.0 Å². The third kappa shape index (κ3) is 3.59. The van der Waals surface area contributed by atoms with Crippen LogP contribution in [0, 0.1) is 5.92 Å². The average Bonchev–Trinajstić information content (AvgIpc) is 2.20. The summed E-state index contributed by atoms with van der Waals surface area (Å²) in [5.74, 6) is 0.326. The molecule has 2 N–H and O–H groups in total. The number of carbonyl (C=O) groups is 1. The quantitative estimate of drug-likeness (QED) is 0.812. The van der Waals surface area contributed by atoms with E-state index in [0.717, 1.165) is 6.42 Å². The van der Waals surface area contributed by atoms with Gasteiger partial charge in [-0.3, -0.25) is 4.90 Å². The van der Waals surface area contributed by atoms with Crippen LogP contribution in [0.5, 0.6) is 0 Å². The predicted molar refractivity (Wildman–Crippen MR) is 68.6 cm³/mol. The van der Waals surface area contributed by atoms with Gasteiger partial charge in [0.2, 0.25) is 0 Å². The highest BCUT2D eigenvalue weighted by molar-refractivity contribution is 5.66. The van der Waals surface area contributed by atoms with Gasteiger partial charge in [0.05, 0.1) is 12.1 Å². The number of amides is 1. The largest absolute Gasteiger partial charge is 0.465 e. The standard InChI is InChI=1S/C13H25NO4/c1-13(2,3)14(12(16)17)10-7-9(8-18-4)5-6-11(10)15/h9-11,15H,5-8H2,1-4H3,(H,16,17)/t9-,10+,11+/m0/s1. The van der Waals surface area contributed by atoms with Crippen molar-refractivity contribution in [2.75, 3.05) is 13.7 Å². The zero-order valence-electron chi connectivity index (χ0n) is 11.7. The highest BCUT2D eigenvalue weighted by Gasteiger charge is 2.40. The number of rotatable bonds is 3. The molecular formula is C13H25NO4. The Morgan fingerprint density at radius 2 is 2.00 bits per heavy atom. The van der Waals surface area contributed by atoms with Gasteiger partial charge in [0.15, 0.2) is 0 Å². The van der Waals surface area contributed by atoms with Gasteiger partial charge in [0.1, 0.15) is 0 Å². The molecule has 106 valence electrons. The molecule has 1 fully saturated rings. The van der Waals surface area contributed by atoms with Crippen molar-refractivity contribution in [1.82, 2.24) is 4.90 Å². The highest BCUT2D eigenvalue weighted by atomic mass is 16.5. The molecule has 0 aliphatic heterocycles. The van der Waals surface area contributed by atoms with E-state index in [1.807, 2.05) is 20.8 Å². The first-order valence-corrected chi connectivity index (χ1v) is 6.46. The SMILES string of the molecule is COC[C@H]1CC[C@@H](O)[C@H](N(C(=O)O)C(C)(C)C)C1. The maximum absolute atomic E-state index is 11.4. The van der Waals surface area contributed by atoms with Crippen LogP contribution in [-0.4, -0.2) is 52.6 Å². The molecule has 0 heterocycles. The van der Waals surface area contributed by atoms with Crippen LogP contribution in [0.2, 0.25) is 0 Å². The van der Waals surface area contributed by atoms with Crippen LogP contribution in [0.4, 0.5) is 4.79 Å². The summed E-state index contributed by atoms with van der Waals surface area (Å²) in [5, 5.41) is 19.5. The lowest BCUT2D eigenvalue weighted by Crippen LogP contribution is -2.57. The Kier molecular flexibility index (Phi) is 4.99. The topological polar surface area (TPSA) is 70.0 Å². The molecule has 0 unspecified atom stereocenters. The Balaban J connectivity index is 2.84. The number of hydrogen-bond donors (Lipinski definition) is 2. The molecule has 1 rings (SSSR count). The van der Waals surface area contributed by atoms with Gasteiger partial charge in [0.25, 0.3) is 0 Å². The fourth-order valence-electron chi connectivity index (χ4n) is 2.81. The van der Waals surface area contributed by atoms with Crippen molar-refractivity contribution in [1.29, 1.82) is 0 Å². The number of carboxylic acid groups (broad SMARTS) is 1. The Bertz CT molecular complexity index is 287. The number of hydrogen-bond acceptors (Lipinski definition) is 3. The summed E-state index contributed by atoms with van der Waals surface area (Å²) in [6, 6.07) is -0.337. The van der Waals surface area contributed by atoms with Gasteiger partial charge in [0, 0.05) is 19.3 Å². The van der Waals surface area contributed by atoms with E-state index < -0.39 is 17.7 Å². The van der Waals surface area contributed by atoms with E-state index in [2.05, 4.69) is 0 Å². The first-order chi connectivity index (χ1) is 8.27. The Hall–Kier alpha value is -0.810. The van der Waals surface area contributed by atoms with Gasteiger partial charge >= 0.3 is 6.09 Å². The molecule has 0 bridgehead atoms. The molecule has 18 heavy (non-hydrogen) atoms.